The predicted molar refractivity (Wildman–Crippen MR) is 130 cm³/mol. The molecule has 14 heteroatoms. The molecule has 0 radical (unpaired) electrons. The molecule has 190 valence electrons. The van der Waals surface area contributed by atoms with Gasteiger partial charge < -0.3 is 0 Å². The minimum atomic E-state index is -4.62. The zero-order chi connectivity index (χ0) is 26.8. The van der Waals surface area contributed by atoms with Crippen LogP contribution in [0.4, 0.5) is 24.7 Å². The Hall–Kier alpha value is -3.22. The number of hydrazone groups is 1. The van der Waals surface area contributed by atoms with Crippen molar-refractivity contribution in [2.45, 2.75) is 23.7 Å². The molecule has 2 aromatic carbocycles. The van der Waals surface area contributed by atoms with Crippen LogP contribution in [0.5, 0.6) is 0 Å². The number of sulfone groups is 1. The summed E-state index contributed by atoms with van der Waals surface area (Å²) in [6.07, 6.45) is -4.00. The molecule has 0 aliphatic carbocycles. The Morgan fingerprint density at radius 3 is 2.33 bits per heavy atom. The third kappa shape index (κ3) is 6.31. The average Bonchev–Trinajstić information content (AvgIpc) is 2.78. The van der Waals surface area contributed by atoms with E-state index in [4.69, 9.17) is 23.2 Å². The van der Waals surface area contributed by atoms with Crippen LogP contribution in [0.15, 0.2) is 64.7 Å². The van der Waals surface area contributed by atoms with Crippen LogP contribution in [0.3, 0.4) is 0 Å². The molecule has 0 bridgehead atoms. The Balaban J connectivity index is 1.95. The number of nitro benzene ring substituents is 1. The highest BCUT2D eigenvalue weighted by Crippen LogP contribution is 2.33. The minimum absolute atomic E-state index is 0.0558. The van der Waals surface area contributed by atoms with Gasteiger partial charge in [-0.15, -0.1) is 0 Å². The number of hydrogen-bond acceptors (Lipinski definition) is 7. The highest BCUT2D eigenvalue weighted by Gasteiger charge is 2.32. The molecule has 0 saturated carbocycles. The Morgan fingerprint density at radius 2 is 1.78 bits per heavy atom. The van der Waals surface area contributed by atoms with Gasteiger partial charge in [0.1, 0.15) is 0 Å². The molecule has 0 spiro atoms. The van der Waals surface area contributed by atoms with Crippen molar-refractivity contribution in [1.29, 1.82) is 0 Å². The number of alkyl halides is 3. The third-order valence-electron chi connectivity index (χ3n) is 4.97. The molecule has 0 amide bonds. The molecule has 0 N–H and O–H groups in total. The molecule has 8 nitrogen and oxygen atoms in total. The summed E-state index contributed by atoms with van der Waals surface area (Å²) in [5, 5.41) is 16.9. The summed E-state index contributed by atoms with van der Waals surface area (Å²) in [5.41, 5.74) is -0.875. The molecule has 0 saturated heterocycles. The van der Waals surface area contributed by atoms with Crippen LogP contribution in [0.1, 0.15) is 23.6 Å². The maximum atomic E-state index is 12.9. The van der Waals surface area contributed by atoms with Crippen LogP contribution in [0.25, 0.3) is 0 Å². The zero-order valence-electron chi connectivity index (χ0n) is 18.6. The van der Waals surface area contributed by atoms with E-state index in [0.29, 0.717) is 16.8 Å². The maximum Gasteiger partial charge on any atom is 0.417 e. The van der Waals surface area contributed by atoms with E-state index in [9.17, 15) is 31.7 Å². The quantitative estimate of drug-likeness (QED) is 0.195. The summed E-state index contributed by atoms with van der Waals surface area (Å²) in [6, 6.07) is 9.97. The van der Waals surface area contributed by atoms with E-state index in [1.165, 1.54) is 50.4 Å². The molecule has 1 heterocycles. The largest absolute Gasteiger partial charge is 0.417 e. The highest BCUT2D eigenvalue weighted by atomic mass is 35.5. The summed E-state index contributed by atoms with van der Waals surface area (Å²) in [5.74, 6) is -0.717. The Labute approximate surface area is 214 Å². The topological polar surface area (TPSA) is 106 Å². The molecule has 0 fully saturated rings. The van der Waals surface area contributed by atoms with Gasteiger partial charge >= 0.3 is 6.18 Å². The van der Waals surface area contributed by atoms with E-state index in [1.54, 1.807) is 0 Å². The van der Waals surface area contributed by atoms with E-state index in [1.807, 2.05) is 0 Å². The molecule has 1 aromatic heterocycles. The molecular formula is C22H17Cl2F3N4O4S. The lowest BCUT2D eigenvalue weighted by atomic mass is 10.1. The number of hydrogen-bond donors (Lipinski definition) is 0. The normalized spacial score (nSPS) is 12.5. The van der Waals surface area contributed by atoms with Crippen LogP contribution >= 0.6 is 23.2 Å². The summed E-state index contributed by atoms with van der Waals surface area (Å²) in [4.78, 5) is 14.5. The van der Waals surface area contributed by atoms with E-state index in [0.717, 1.165) is 17.1 Å². The number of halogens is 5. The lowest BCUT2D eigenvalue weighted by molar-refractivity contribution is -0.385. The summed E-state index contributed by atoms with van der Waals surface area (Å²) in [7, 11) is -2.54. The second-order valence-corrected chi connectivity index (χ2v) is 10.4. The molecule has 0 unspecified atom stereocenters. The first-order valence-corrected chi connectivity index (χ1v) is 12.4. The number of rotatable bonds is 7. The zero-order valence-corrected chi connectivity index (χ0v) is 21.0. The Bertz CT molecular complexity index is 1450. The maximum absolute atomic E-state index is 12.9. The SMILES string of the molecule is C/C(=N\N(C)c1ncc(C(F)(F)F)cc1Cl)c1ccc([N+](=O)[O-])c(CS(=O)(=O)c2ccc(Cl)cc2)c1. The van der Waals surface area contributed by atoms with Crippen molar-refractivity contribution in [2.24, 2.45) is 5.10 Å². The van der Waals surface area contributed by atoms with Gasteiger partial charge in [-0.3, -0.25) is 10.1 Å². The number of aromatic nitrogens is 1. The molecule has 36 heavy (non-hydrogen) atoms. The van der Waals surface area contributed by atoms with Gasteiger partial charge in [0, 0.05) is 29.9 Å². The molecule has 0 aliphatic heterocycles. The number of nitro groups is 1. The molecule has 3 rings (SSSR count). The number of anilines is 1. The second kappa shape index (κ2) is 10.4. The second-order valence-electron chi connectivity index (χ2n) is 7.55. The van der Waals surface area contributed by atoms with E-state index < -0.39 is 37.9 Å². The van der Waals surface area contributed by atoms with Crippen molar-refractivity contribution in [1.82, 2.24) is 4.98 Å². The van der Waals surface area contributed by atoms with Crippen molar-refractivity contribution in [3.05, 3.63) is 91.6 Å². The summed E-state index contributed by atoms with van der Waals surface area (Å²) >= 11 is 11.8. The van der Waals surface area contributed by atoms with Gasteiger partial charge in [-0.2, -0.15) is 18.3 Å². The van der Waals surface area contributed by atoms with Gasteiger partial charge in [-0.25, -0.2) is 18.4 Å². The number of pyridine rings is 1. The third-order valence-corrected chi connectivity index (χ3v) is 7.18. The van der Waals surface area contributed by atoms with Crippen LogP contribution in [0.2, 0.25) is 10.0 Å². The molecule has 0 atom stereocenters. The first-order valence-electron chi connectivity index (χ1n) is 9.97. The average molecular weight is 561 g/mol. The van der Waals surface area contributed by atoms with E-state index in [2.05, 4.69) is 10.1 Å². The lowest BCUT2D eigenvalue weighted by Gasteiger charge is -2.16. The Kier molecular flexibility index (Phi) is 7.91. The van der Waals surface area contributed by atoms with Gasteiger partial charge in [0.15, 0.2) is 15.7 Å². The predicted octanol–water partition coefficient (Wildman–Crippen LogP) is 6.15. The fourth-order valence-electron chi connectivity index (χ4n) is 3.19. The van der Waals surface area contributed by atoms with E-state index >= 15 is 0 Å². The first-order chi connectivity index (χ1) is 16.7. The first kappa shape index (κ1) is 27.4. The van der Waals surface area contributed by atoms with Crippen molar-refractivity contribution >= 4 is 50.3 Å². The van der Waals surface area contributed by atoms with Gasteiger partial charge in [0.25, 0.3) is 5.69 Å². The van der Waals surface area contributed by atoms with Gasteiger partial charge in [-0.1, -0.05) is 23.2 Å². The number of benzene rings is 2. The summed E-state index contributed by atoms with van der Waals surface area (Å²) < 4.78 is 64.3. The molecular weight excluding hydrogens is 544 g/mol. The fraction of sp³-hybridized carbons (Fsp3) is 0.182. The lowest BCUT2D eigenvalue weighted by Crippen LogP contribution is -2.16. The van der Waals surface area contributed by atoms with Crippen molar-refractivity contribution in [3.8, 4) is 0 Å². The molecule has 0 aliphatic rings. The van der Waals surface area contributed by atoms with Crippen molar-refractivity contribution < 1.29 is 26.5 Å². The van der Waals surface area contributed by atoms with Crippen LogP contribution in [-0.4, -0.2) is 31.1 Å². The van der Waals surface area contributed by atoms with Gasteiger partial charge in [-0.05, 0) is 55.0 Å². The van der Waals surface area contributed by atoms with E-state index in [-0.39, 0.29) is 27.0 Å². The van der Waals surface area contributed by atoms with Crippen LogP contribution < -0.4 is 5.01 Å². The molecule has 3 aromatic rings. The monoisotopic (exact) mass is 560 g/mol. The van der Waals surface area contributed by atoms with Gasteiger partial charge in [0.2, 0.25) is 0 Å². The summed E-state index contributed by atoms with van der Waals surface area (Å²) in [6.45, 7) is 1.53. The Morgan fingerprint density at radius 1 is 1.14 bits per heavy atom. The van der Waals surface area contributed by atoms with Crippen LogP contribution in [-0.2, 0) is 21.8 Å². The highest BCUT2D eigenvalue weighted by molar-refractivity contribution is 7.90. The van der Waals surface area contributed by atoms with Crippen molar-refractivity contribution in [3.63, 3.8) is 0 Å². The number of nitrogens with zero attached hydrogens (tertiary/aromatic N) is 4. The fourth-order valence-corrected chi connectivity index (χ4v) is 4.96. The standard InChI is InChI=1S/C22H17Cl2F3N4O4S/c1-13(29-30(2)21-19(24)10-16(11-28-21)22(25,26)27)14-3-8-20(31(32)33)15(9-14)12-36(34,35)18-6-4-17(23)5-7-18/h3-11H,12H2,1-2H3/b29-13+. The van der Waals surface area contributed by atoms with Crippen molar-refractivity contribution in [2.75, 3.05) is 12.1 Å². The smallest absolute Gasteiger partial charge is 0.258 e. The van der Waals surface area contributed by atoms with Gasteiger partial charge in [0.05, 0.1) is 31.9 Å². The van der Waals surface area contributed by atoms with Crippen LogP contribution in [0, 0.1) is 10.1 Å². The minimum Gasteiger partial charge on any atom is -0.258 e.